The van der Waals surface area contributed by atoms with Crippen LogP contribution in [0.3, 0.4) is 0 Å². The van der Waals surface area contributed by atoms with Gasteiger partial charge < -0.3 is 14.2 Å². The van der Waals surface area contributed by atoms with E-state index < -0.39 is 6.10 Å². The molecule has 0 bridgehead atoms. The standard InChI is InChI=1S/C61H102O6/c1-4-7-10-13-16-19-22-24-26-28-30-31-32-34-35-37-39-42-45-48-51-54-60(63)66-57-58(56-65-59(62)53-50-47-44-41-21-18-15-12-9-6-3)67-61(64)55-52-49-46-43-40-38-36-33-29-27-25-23-20-17-14-11-8-5-2/h7,10,12,15-16,19-20,23-24,26-27,29-31,34-35,58H,4-6,8-9,11,13-14,17-18,21-22,25,28,32-33,36-57H2,1-3H3/b10-7-,15-12-,19-16-,23-20-,26-24-,29-27-,31-30-,35-34-. The van der Waals surface area contributed by atoms with Crippen LogP contribution in [0.2, 0.25) is 0 Å². The summed E-state index contributed by atoms with van der Waals surface area (Å²) in [6.07, 6.45) is 72.5. The van der Waals surface area contributed by atoms with E-state index in [-0.39, 0.29) is 31.1 Å². The van der Waals surface area contributed by atoms with Crippen LogP contribution in [0.1, 0.15) is 252 Å². The van der Waals surface area contributed by atoms with Crippen molar-refractivity contribution in [3.05, 3.63) is 97.2 Å². The molecule has 0 radical (unpaired) electrons. The lowest BCUT2D eigenvalue weighted by atomic mass is 10.1. The van der Waals surface area contributed by atoms with Gasteiger partial charge in [0.1, 0.15) is 13.2 Å². The predicted molar refractivity (Wildman–Crippen MR) is 288 cm³/mol. The fraction of sp³-hybridized carbons (Fsp3) is 0.689. The van der Waals surface area contributed by atoms with Crippen LogP contribution < -0.4 is 0 Å². The van der Waals surface area contributed by atoms with E-state index in [2.05, 4.69) is 118 Å². The summed E-state index contributed by atoms with van der Waals surface area (Å²) in [4.78, 5) is 38.0. The van der Waals surface area contributed by atoms with E-state index in [1.54, 1.807) is 0 Å². The Bertz CT molecular complexity index is 1350. The van der Waals surface area contributed by atoms with Gasteiger partial charge in [-0.2, -0.15) is 0 Å². The molecule has 67 heavy (non-hydrogen) atoms. The number of hydrogen-bond acceptors (Lipinski definition) is 6. The minimum atomic E-state index is -0.794. The molecule has 0 heterocycles. The molecule has 0 fully saturated rings. The first-order chi connectivity index (χ1) is 33.0. The summed E-state index contributed by atoms with van der Waals surface area (Å²) >= 11 is 0. The SMILES string of the molecule is CC/C=C\C/C=C\C/C=C\C/C=C\C/C=C\CCCCCCCC(=O)OCC(COC(=O)CCCCCCC/C=C\CCC)OC(=O)CCCCCCCCC/C=C\C/C=C\CCCCCC. The smallest absolute Gasteiger partial charge is 0.306 e. The first kappa shape index (κ1) is 63.3. The second-order valence-corrected chi connectivity index (χ2v) is 18.1. The molecule has 0 spiro atoms. The molecule has 0 aliphatic rings. The quantitative estimate of drug-likeness (QED) is 0.0262. The van der Waals surface area contributed by atoms with Crippen molar-refractivity contribution >= 4 is 17.9 Å². The molecule has 0 aromatic carbocycles. The zero-order chi connectivity index (χ0) is 48.6. The Balaban J connectivity index is 4.39. The molecule has 0 saturated heterocycles. The first-order valence-corrected chi connectivity index (χ1v) is 27.7. The Morgan fingerprint density at radius 3 is 0.985 bits per heavy atom. The van der Waals surface area contributed by atoms with Crippen molar-refractivity contribution in [1.29, 1.82) is 0 Å². The molecule has 6 heteroatoms. The van der Waals surface area contributed by atoms with Gasteiger partial charge >= 0.3 is 17.9 Å². The molecule has 0 aromatic rings. The number of allylic oxidation sites excluding steroid dienone is 16. The second-order valence-electron chi connectivity index (χ2n) is 18.1. The Kier molecular flexibility index (Phi) is 51.9. The summed E-state index contributed by atoms with van der Waals surface area (Å²) in [7, 11) is 0. The molecule has 0 aromatic heterocycles. The van der Waals surface area contributed by atoms with E-state index in [0.29, 0.717) is 19.3 Å². The van der Waals surface area contributed by atoms with E-state index >= 15 is 0 Å². The number of rotatable bonds is 49. The minimum absolute atomic E-state index is 0.0924. The lowest BCUT2D eigenvalue weighted by Gasteiger charge is -2.18. The summed E-state index contributed by atoms with van der Waals surface area (Å²) < 4.78 is 16.8. The Labute approximate surface area is 413 Å². The Morgan fingerprint density at radius 1 is 0.313 bits per heavy atom. The number of esters is 3. The molecule has 1 unspecified atom stereocenters. The Morgan fingerprint density at radius 2 is 0.612 bits per heavy atom. The predicted octanol–water partition coefficient (Wildman–Crippen LogP) is 18.5. The van der Waals surface area contributed by atoms with Crippen molar-refractivity contribution in [2.45, 2.75) is 258 Å². The minimum Gasteiger partial charge on any atom is -0.462 e. The number of carbonyl (C=O) groups excluding carboxylic acids is 3. The molecule has 0 saturated carbocycles. The summed E-state index contributed by atoms with van der Waals surface area (Å²) in [6.45, 7) is 6.42. The highest BCUT2D eigenvalue weighted by molar-refractivity contribution is 5.71. The van der Waals surface area contributed by atoms with E-state index in [0.717, 1.165) is 141 Å². The largest absolute Gasteiger partial charge is 0.462 e. The van der Waals surface area contributed by atoms with E-state index in [1.807, 2.05) is 0 Å². The first-order valence-electron chi connectivity index (χ1n) is 27.7. The Hall–Kier alpha value is -3.67. The molecule has 1 atom stereocenters. The van der Waals surface area contributed by atoms with Crippen molar-refractivity contribution in [3.63, 3.8) is 0 Å². The molecular formula is C61H102O6. The fourth-order valence-corrected chi connectivity index (χ4v) is 7.38. The summed E-state index contributed by atoms with van der Waals surface area (Å²) in [5.41, 5.74) is 0. The van der Waals surface area contributed by atoms with Crippen LogP contribution in [0, 0.1) is 0 Å². The highest BCUT2D eigenvalue weighted by Gasteiger charge is 2.19. The molecule has 0 aliphatic heterocycles. The van der Waals surface area contributed by atoms with Crippen molar-refractivity contribution in [3.8, 4) is 0 Å². The third kappa shape index (κ3) is 53.2. The van der Waals surface area contributed by atoms with Crippen molar-refractivity contribution in [2.75, 3.05) is 13.2 Å². The lowest BCUT2D eigenvalue weighted by Crippen LogP contribution is -2.30. The fourth-order valence-electron chi connectivity index (χ4n) is 7.38. The topological polar surface area (TPSA) is 78.9 Å². The summed E-state index contributed by atoms with van der Waals surface area (Å²) in [5.74, 6) is -0.930. The maximum atomic E-state index is 12.8. The van der Waals surface area contributed by atoms with Crippen LogP contribution in [0.25, 0.3) is 0 Å². The molecule has 0 rings (SSSR count). The third-order valence-electron chi connectivity index (χ3n) is 11.5. The van der Waals surface area contributed by atoms with Gasteiger partial charge in [-0.25, -0.2) is 0 Å². The highest BCUT2D eigenvalue weighted by Crippen LogP contribution is 2.14. The third-order valence-corrected chi connectivity index (χ3v) is 11.5. The molecule has 0 amide bonds. The number of unbranched alkanes of at least 4 members (excludes halogenated alkanes) is 22. The zero-order valence-electron chi connectivity index (χ0n) is 43.6. The maximum Gasteiger partial charge on any atom is 0.306 e. The van der Waals surface area contributed by atoms with Crippen LogP contribution >= 0.6 is 0 Å². The highest BCUT2D eigenvalue weighted by atomic mass is 16.6. The van der Waals surface area contributed by atoms with E-state index in [4.69, 9.17) is 14.2 Å². The lowest BCUT2D eigenvalue weighted by molar-refractivity contribution is -0.167. The van der Waals surface area contributed by atoms with Crippen LogP contribution in [0.15, 0.2) is 97.2 Å². The van der Waals surface area contributed by atoms with Crippen LogP contribution in [-0.2, 0) is 28.6 Å². The average Bonchev–Trinajstić information content (AvgIpc) is 3.33. The van der Waals surface area contributed by atoms with Gasteiger partial charge in [0.15, 0.2) is 6.10 Å². The summed E-state index contributed by atoms with van der Waals surface area (Å²) in [6, 6.07) is 0. The van der Waals surface area contributed by atoms with Crippen molar-refractivity contribution in [1.82, 2.24) is 0 Å². The van der Waals surface area contributed by atoms with Gasteiger partial charge in [0.2, 0.25) is 0 Å². The van der Waals surface area contributed by atoms with Crippen molar-refractivity contribution in [2.24, 2.45) is 0 Å². The average molecular weight is 931 g/mol. The molecule has 0 aliphatic carbocycles. The van der Waals surface area contributed by atoms with E-state index in [1.165, 1.54) is 70.6 Å². The number of hydrogen-bond donors (Lipinski definition) is 0. The molecular weight excluding hydrogens is 829 g/mol. The monoisotopic (exact) mass is 931 g/mol. The van der Waals surface area contributed by atoms with Crippen LogP contribution in [0.4, 0.5) is 0 Å². The molecule has 0 N–H and O–H groups in total. The molecule has 382 valence electrons. The second kappa shape index (κ2) is 54.9. The zero-order valence-corrected chi connectivity index (χ0v) is 43.6. The van der Waals surface area contributed by atoms with Gasteiger partial charge in [0.05, 0.1) is 0 Å². The van der Waals surface area contributed by atoms with Crippen molar-refractivity contribution < 1.29 is 28.6 Å². The number of carbonyl (C=O) groups is 3. The van der Waals surface area contributed by atoms with E-state index in [9.17, 15) is 14.4 Å². The normalized spacial score (nSPS) is 12.8. The summed E-state index contributed by atoms with van der Waals surface area (Å²) in [5, 5.41) is 0. The van der Waals surface area contributed by atoms with Gasteiger partial charge in [0.25, 0.3) is 0 Å². The van der Waals surface area contributed by atoms with Gasteiger partial charge in [-0.3, -0.25) is 14.4 Å². The van der Waals surface area contributed by atoms with Crippen LogP contribution in [0.5, 0.6) is 0 Å². The van der Waals surface area contributed by atoms with Gasteiger partial charge in [-0.05, 0) is 116 Å². The maximum absolute atomic E-state index is 12.8. The van der Waals surface area contributed by atoms with Gasteiger partial charge in [0, 0.05) is 19.3 Å². The van der Waals surface area contributed by atoms with Crippen LogP contribution in [-0.4, -0.2) is 37.2 Å². The number of ether oxygens (including phenoxy) is 3. The van der Waals surface area contributed by atoms with Gasteiger partial charge in [-0.1, -0.05) is 214 Å². The molecule has 6 nitrogen and oxygen atoms in total. The van der Waals surface area contributed by atoms with Gasteiger partial charge in [-0.15, -0.1) is 0 Å².